The molecule has 1 aliphatic rings. The maximum Gasteiger partial charge on any atom is 0.254 e. The number of carbonyl (C=O) groups is 1. The van der Waals surface area contributed by atoms with Crippen molar-refractivity contribution in [1.29, 1.82) is 0 Å². The Balaban J connectivity index is 1.71. The Hall–Kier alpha value is -2.47. The van der Waals surface area contributed by atoms with Crippen molar-refractivity contribution < 1.29 is 14.3 Å². The number of nitrogens with zero attached hydrogens (tertiary/aromatic N) is 3. The summed E-state index contributed by atoms with van der Waals surface area (Å²) in [6.45, 7) is 5.19. The number of rotatable bonds is 5. The van der Waals surface area contributed by atoms with E-state index in [0.29, 0.717) is 41.8 Å². The number of amides is 1. The zero-order chi connectivity index (χ0) is 18.5. The van der Waals surface area contributed by atoms with Crippen molar-refractivity contribution in [3.63, 3.8) is 0 Å². The smallest absolute Gasteiger partial charge is 0.254 e. The van der Waals surface area contributed by atoms with Crippen molar-refractivity contribution in [3.8, 4) is 11.5 Å². The normalized spacial score (nSPS) is 14.3. The lowest BCUT2D eigenvalue weighted by Gasteiger charge is -2.36. The zero-order valence-corrected chi connectivity index (χ0v) is 15.7. The van der Waals surface area contributed by atoms with Gasteiger partial charge in [-0.1, -0.05) is 11.6 Å². The van der Waals surface area contributed by atoms with Crippen LogP contribution in [0.2, 0.25) is 5.02 Å². The van der Waals surface area contributed by atoms with Gasteiger partial charge in [0.25, 0.3) is 5.91 Å². The average Bonchev–Trinajstić information content (AvgIpc) is 2.69. The molecule has 1 aromatic heterocycles. The molecule has 3 rings (SSSR count). The first-order chi connectivity index (χ1) is 12.6. The highest BCUT2D eigenvalue weighted by Gasteiger charge is 2.24. The monoisotopic (exact) mass is 375 g/mol. The lowest BCUT2D eigenvalue weighted by atomic mass is 10.1. The standard InChI is InChI=1S/C19H22ClN3O3/c1-3-26-18-16(20)12-14(13-17(18)25-2)19(24)23-10-8-22(9-11-23)15-4-6-21-7-5-15/h4-7,12-13H,3,8-11H2,1-2H3. The van der Waals surface area contributed by atoms with Gasteiger partial charge in [-0.15, -0.1) is 0 Å². The summed E-state index contributed by atoms with van der Waals surface area (Å²) < 4.78 is 10.8. The molecule has 0 unspecified atom stereocenters. The van der Waals surface area contributed by atoms with E-state index in [1.54, 1.807) is 24.5 Å². The molecule has 1 aromatic carbocycles. The van der Waals surface area contributed by atoms with E-state index in [0.717, 1.165) is 18.8 Å². The van der Waals surface area contributed by atoms with Gasteiger partial charge in [0.2, 0.25) is 0 Å². The molecule has 6 nitrogen and oxygen atoms in total. The number of hydrogen-bond donors (Lipinski definition) is 0. The molecule has 1 aliphatic heterocycles. The minimum absolute atomic E-state index is 0.0531. The summed E-state index contributed by atoms with van der Waals surface area (Å²) >= 11 is 6.29. The Morgan fingerprint density at radius 2 is 1.88 bits per heavy atom. The molecule has 1 fully saturated rings. The maximum atomic E-state index is 12.9. The Bertz CT molecular complexity index is 762. The summed E-state index contributed by atoms with van der Waals surface area (Å²) in [4.78, 5) is 21.0. The van der Waals surface area contributed by atoms with Crippen LogP contribution in [0.4, 0.5) is 5.69 Å². The summed E-state index contributed by atoms with van der Waals surface area (Å²) in [7, 11) is 1.54. The molecule has 1 amide bonds. The van der Waals surface area contributed by atoms with Crippen molar-refractivity contribution in [1.82, 2.24) is 9.88 Å². The molecule has 1 saturated heterocycles. The predicted molar refractivity (Wildman–Crippen MR) is 102 cm³/mol. The van der Waals surface area contributed by atoms with Gasteiger partial charge in [0.05, 0.1) is 18.7 Å². The van der Waals surface area contributed by atoms with Gasteiger partial charge >= 0.3 is 0 Å². The fraction of sp³-hybridized carbons (Fsp3) is 0.368. The predicted octanol–water partition coefficient (Wildman–Crippen LogP) is 3.10. The van der Waals surface area contributed by atoms with Crippen molar-refractivity contribution in [2.45, 2.75) is 6.92 Å². The van der Waals surface area contributed by atoms with Crippen LogP contribution in [0.25, 0.3) is 0 Å². The van der Waals surface area contributed by atoms with Crippen LogP contribution in [-0.2, 0) is 0 Å². The van der Waals surface area contributed by atoms with Crippen LogP contribution >= 0.6 is 11.6 Å². The number of pyridine rings is 1. The first kappa shape index (κ1) is 18.3. The zero-order valence-electron chi connectivity index (χ0n) is 14.9. The van der Waals surface area contributed by atoms with Gasteiger partial charge < -0.3 is 19.3 Å². The van der Waals surface area contributed by atoms with Gasteiger partial charge in [-0.05, 0) is 31.2 Å². The number of benzene rings is 1. The van der Waals surface area contributed by atoms with Crippen LogP contribution in [-0.4, -0.2) is 55.7 Å². The van der Waals surface area contributed by atoms with Crippen LogP contribution in [0, 0.1) is 0 Å². The molecule has 0 aliphatic carbocycles. The van der Waals surface area contributed by atoms with Crippen LogP contribution in [0.5, 0.6) is 11.5 Å². The number of methoxy groups -OCH3 is 1. The first-order valence-electron chi connectivity index (χ1n) is 8.58. The molecule has 0 spiro atoms. The van der Waals surface area contributed by atoms with E-state index >= 15 is 0 Å². The molecular weight excluding hydrogens is 354 g/mol. The van der Waals surface area contributed by atoms with Crippen LogP contribution in [0.15, 0.2) is 36.7 Å². The highest BCUT2D eigenvalue weighted by atomic mass is 35.5. The minimum atomic E-state index is -0.0531. The molecule has 26 heavy (non-hydrogen) atoms. The number of hydrogen-bond acceptors (Lipinski definition) is 5. The summed E-state index contributed by atoms with van der Waals surface area (Å²) in [6.07, 6.45) is 3.56. The van der Waals surface area contributed by atoms with Crippen molar-refractivity contribution >= 4 is 23.2 Å². The Kier molecular flexibility index (Phi) is 5.83. The quantitative estimate of drug-likeness (QED) is 0.803. The molecular formula is C19H22ClN3O3. The van der Waals surface area contributed by atoms with Gasteiger partial charge in [-0.3, -0.25) is 9.78 Å². The lowest BCUT2D eigenvalue weighted by molar-refractivity contribution is 0.0746. The highest BCUT2D eigenvalue weighted by molar-refractivity contribution is 6.32. The fourth-order valence-corrected chi connectivity index (χ4v) is 3.30. The Labute approximate surface area is 158 Å². The molecule has 138 valence electrons. The van der Waals surface area contributed by atoms with Crippen LogP contribution in [0.3, 0.4) is 0 Å². The average molecular weight is 376 g/mol. The van der Waals surface area contributed by atoms with Gasteiger partial charge in [0, 0.05) is 49.8 Å². The SMILES string of the molecule is CCOc1c(Cl)cc(C(=O)N2CCN(c3ccncc3)CC2)cc1OC. The van der Waals surface area contributed by atoms with E-state index in [1.807, 2.05) is 24.0 Å². The number of anilines is 1. The summed E-state index contributed by atoms with van der Waals surface area (Å²) in [5.41, 5.74) is 1.63. The van der Waals surface area contributed by atoms with Crippen molar-refractivity contribution in [3.05, 3.63) is 47.2 Å². The lowest BCUT2D eigenvalue weighted by Crippen LogP contribution is -2.48. The van der Waals surface area contributed by atoms with E-state index in [1.165, 1.54) is 7.11 Å². The van der Waals surface area contributed by atoms with E-state index in [2.05, 4.69) is 9.88 Å². The highest BCUT2D eigenvalue weighted by Crippen LogP contribution is 2.36. The van der Waals surface area contributed by atoms with Gasteiger partial charge in [0.1, 0.15) is 0 Å². The number of piperazine rings is 1. The molecule has 0 saturated carbocycles. The number of halogens is 1. The van der Waals surface area contributed by atoms with E-state index in [4.69, 9.17) is 21.1 Å². The summed E-state index contributed by atoms with van der Waals surface area (Å²) in [6, 6.07) is 7.30. The van der Waals surface area contributed by atoms with Gasteiger partial charge in [-0.25, -0.2) is 0 Å². The first-order valence-corrected chi connectivity index (χ1v) is 8.96. The summed E-state index contributed by atoms with van der Waals surface area (Å²) in [5, 5.41) is 0.380. The Morgan fingerprint density at radius 1 is 1.19 bits per heavy atom. The number of carbonyl (C=O) groups excluding carboxylic acids is 1. The molecule has 0 atom stereocenters. The van der Waals surface area contributed by atoms with E-state index < -0.39 is 0 Å². The van der Waals surface area contributed by atoms with E-state index in [-0.39, 0.29) is 5.91 Å². The molecule has 2 aromatic rings. The van der Waals surface area contributed by atoms with Gasteiger partial charge in [0.15, 0.2) is 11.5 Å². The number of ether oxygens (including phenoxy) is 2. The van der Waals surface area contributed by atoms with E-state index in [9.17, 15) is 4.79 Å². The van der Waals surface area contributed by atoms with Crippen molar-refractivity contribution in [2.24, 2.45) is 0 Å². The minimum Gasteiger partial charge on any atom is -0.493 e. The maximum absolute atomic E-state index is 12.9. The molecule has 0 N–H and O–H groups in total. The van der Waals surface area contributed by atoms with Gasteiger partial charge in [-0.2, -0.15) is 0 Å². The second kappa shape index (κ2) is 8.27. The Morgan fingerprint density at radius 3 is 2.50 bits per heavy atom. The third-order valence-corrected chi connectivity index (χ3v) is 4.64. The van der Waals surface area contributed by atoms with Crippen LogP contribution in [0.1, 0.15) is 17.3 Å². The molecule has 2 heterocycles. The summed E-state index contributed by atoms with van der Waals surface area (Å²) in [5.74, 6) is 0.886. The van der Waals surface area contributed by atoms with Crippen LogP contribution < -0.4 is 14.4 Å². The topological polar surface area (TPSA) is 54.9 Å². The fourth-order valence-electron chi connectivity index (χ4n) is 3.03. The molecule has 0 bridgehead atoms. The molecule has 7 heteroatoms. The third kappa shape index (κ3) is 3.85. The third-order valence-electron chi connectivity index (χ3n) is 4.36. The second-order valence-electron chi connectivity index (χ2n) is 5.91. The molecule has 0 radical (unpaired) electrons. The number of aromatic nitrogens is 1. The largest absolute Gasteiger partial charge is 0.493 e. The second-order valence-corrected chi connectivity index (χ2v) is 6.31. The van der Waals surface area contributed by atoms with Crippen molar-refractivity contribution in [2.75, 3.05) is 44.8 Å².